The van der Waals surface area contributed by atoms with Crippen LogP contribution in [0.25, 0.3) is 23.0 Å². The molecule has 0 unspecified atom stereocenters. The smallest absolute Gasteiger partial charge is 0.267 e. The first-order chi connectivity index (χ1) is 16.3. The third kappa shape index (κ3) is 4.90. The van der Waals surface area contributed by atoms with Crippen LogP contribution < -0.4 is 14.9 Å². The minimum Gasteiger partial charge on any atom is -0.480 e. The van der Waals surface area contributed by atoms with Crippen LogP contribution in [-0.2, 0) is 14.8 Å². The molecule has 2 heterocycles. The highest BCUT2D eigenvalue weighted by atomic mass is 32.2. The number of rotatable bonds is 7. The van der Waals surface area contributed by atoms with Gasteiger partial charge in [0.05, 0.1) is 29.6 Å². The van der Waals surface area contributed by atoms with Crippen molar-refractivity contribution in [1.82, 2.24) is 20.1 Å². The lowest BCUT2D eigenvalue weighted by Crippen LogP contribution is -2.15. The Balaban J connectivity index is 1.64. The highest BCUT2D eigenvalue weighted by molar-refractivity contribution is 7.92. The maximum absolute atomic E-state index is 13.1. The monoisotopic (exact) mass is 479 g/mol. The fourth-order valence-corrected chi connectivity index (χ4v) is 4.38. The Morgan fingerprint density at radius 3 is 2.74 bits per heavy atom. The number of aryl methyl sites for hydroxylation is 1. The van der Waals surface area contributed by atoms with Crippen LogP contribution in [0.4, 0.5) is 5.69 Å². The summed E-state index contributed by atoms with van der Waals surface area (Å²) in [4.78, 5) is 15.8. The number of amides is 1. The van der Waals surface area contributed by atoms with Crippen LogP contribution in [0.3, 0.4) is 0 Å². The maximum atomic E-state index is 13.1. The number of carbonyl (C=O) groups is 1. The summed E-state index contributed by atoms with van der Waals surface area (Å²) in [5.74, 6) is -0.276. The quantitative estimate of drug-likeness (QED) is 0.211. The molecule has 0 saturated heterocycles. The molecular formula is C23H21N5O5S. The number of benzene rings is 2. The molecule has 34 heavy (non-hydrogen) atoms. The second-order valence-electron chi connectivity index (χ2n) is 7.32. The number of nitrogens with one attached hydrogen (secondary N) is 2. The number of fused-ring (bicyclic) bond motifs is 1. The fraction of sp³-hybridized carbons (Fsp3) is 0.0870. The summed E-state index contributed by atoms with van der Waals surface area (Å²) in [6.07, 6.45) is 4.22. The molecular weight excluding hydrogens is 458 g/mol. The van der Waals surface area contributed by atoms with Gasteiger partial charge in [-0.15, -0.1) is 5.10 Å². The third-order valence-electron chi connectivity index (χ3n) is 4.99. The molecule has 11 heteroatoms. The largest absolute Gasteiger partial charge is 0.480 e. The van der Waals surface area contributed by atoms with Crippen LogP contribution in [-0.4, -0.2) is 41.2 Å². The van der Waals surface area contributed by atoms with Crippen LogP contribution in [0.15, 0.2) is 71.8 Å². The van der Waals surface area contributed by atoms with Crippen molar-refractivity contribution in [2.45, 2.75) is 11.8 Å². The van der Waals surface area contributed by atoms with Gasteiger partial charge in [-0.25, -0.2) is 23.4 Å². The van der Waals surface area contributed by atoms with E-state index in [4.69, 9.17) is 9.94 Å². The zero-order valence-electron chi connectivity index (χ0n) is 18.3. The normalized spacial score (nSPS) is 11.6. The van der Waals surface area contributed by atoms with Gasteiger partial charge in [-0.1, -0.05) is 24.3 Å². The Bertz CT molecular complexity index is 1510. The molecule has 0 bridgehead atoms. The van der Waals surface area contributed by atoms with E-state index in [0.717, 1.165) is 11.6 Å². The summed E-state index contributed by atoms with van der Waals surface area (Å²) in [6.45, 7) is 1.80. The predicted octanol–water partition coefficient (Wildman–Crippen LogP) is 3.03. The maximum Gasteiger partial charge on any atom is 0.267 e. The van der Waals surface area contributed by atoms with Crippen molar-refractivity contribution in [2.75, 3.05) is 11.8 Å². The van der Waals surface area contributed by atoms with Gasteiger partial charge in [-0.2, -0.15) is 0 Å². The predicted molar refractivity (Wildman–Crippen MR) is 126 cm³/mol. The van der Waals surface area contributed by atoms with Crippen LogP contribution in [0.2, 0.25) is 0 Å². The van der Waals surface area contributed by atoms with Crippen molar-refractivity contribution in [3.63, 3.8) is 0 Å². The first kappa shape index (κ1) is 23.0. The molecule has 4 rings (SSSR count). The van der Waals surface area contributed by atoms with Crippen molar-refractivity contribution in [3.8, 4) is 17.1 Å². The number of hydroxylamine groups is 1. The molecule has 0 radical (unpaired) electrons. The molecule has 0 aliphatic heterocycles. The lowest BCUT2D eigenvalue weighted by molar-refractivity contribution is -0.124. The van der Waals surface area contributed by atoms with Crippen LogP contribution in [0.1, 0.15) is 11.1 Å². The number of hydrogen-bond acceptors (Lipinski definition) is 7. The van der Waals surface area contributed by atoms with Gasteiger partial charge in [0.15, 0.2) is 5.65 Å². The van der Waals surface area contributed by atoms with E-state index in [1.165, 1.54) is 30.8 Å². The van der Waals surface area contributed by atoms with Crippen molar-refractivity contribution in [2.24, 2.45) is 0 Å². The van der Waals surface area contributed by atoms with Gasteiger partial charge in [0, 0.05) is 17.7 Å². The first-order valence-electron chi connectivity index (χ1n) is 10.1. The van der Waals surface area contributed by atoms with E-state index >= 15 is 0 Å². The van der Waals surface area contributed by atoms with Crippen molar-refractivity contribution >= 4 is 33.3 Å². The molecule has 3 N–H and O–H groups in total. The van der Waals surface area contributed by atoms with Crippen LogP contribution in [0, 0.1) is 6.92 Å². The summed E-state index contributed by atoms with van der Waals surface area (Å²) in [7, 11) is -2.39. The Morgan fingerprint density at radius 1 is 1.15 bits per heavy atom. The Morgan fingerprint density at radius 2 is 1.97 bits per heavy atom. The molecule has 10 nitrogen and oxygen atoms in total. The van der Waals surface area contributed by atoms with Crippen molar-refractivity contribution in [1.29, 1.82) is 0 Å². The highest BCUT2D eigenvalue weighted by Gasteiger charge is 2.17. The number of carbonyl (C=O) groups excluding carboxylic acids is 1. The number of sulfonamides is 1. The molecule has 0 spiro atoms. The van der Waals surface area contributed by atoms with Gasteiger partial charge in [0.2, 0.25) is 5.88 Å². The average molecular weight is 480 g/mol. The lowest BCUT2D eigenvalue weighted by atomic mass is 10.1. The van der Waals surface area contributed by atoms with Gasteiger partial charge in [-0.05, 0) is 48.4 Å². The average Bonchev–Trinajstić information content (AvgIpc) is 3.27. The number of nitrogens with zero attached hydrogens (tertiary/aromatic N) is 3. The summed E-state index contributed by atoms with van der Waals surface area (Å²) in [5, 5.41) is 12.9. The molecule has 0 fully saturated rings. The molecule has 0 atom stereocenters. The van der Waals surface area contributed by atoms with E-state index < -0.39 is 15.9 Å². The van der Waals surface area contributed by atoms with Crippen LogP contribution in [0.5, 0.6) is 5.88 Å². The van der Waals surface area contributed by atoms with E-state index in [-0.39, 0.29) is 4.90 Å². The number of hydrogen-bond donors (Lipinski definition) is 3. The van der Waals surface area contributed by atoms with Gasteiger partial charge >= 0.3 is 0 Å². The van der Waals surface area contributed by atoms with E-state index in [1.54, 1.807) is 54.0 Å². The number of ether oxygens (including phenoxy) is 1. The third-order valence-corrected chi connectivity index (χ3v) is 6.35. The summed E-state index contributed by atoms with van der Waals surface area (Å²) in [5.41, 5.74) is 5.04. The van der Waals surface area contributed by atoms with E-state index in [1.807, 2.05) is 6.07 Å². The standard InChI is InChI=1S/C23H21N5O5S/c1-15-6-8-17(20-14-28-21(24-20)9-11-23(25-28)33-2)13-19(15)27-34(31,32)18-5-3-4-16(12-18)7-10-22(29)26-30/h3-14,27,30H,1-2H3,(H,26,29). The molecule has 4 aromatic rings. The zero-order chi connectivity index (χ0) is 24.3. The second kappa shape index (κ2) is 9.33. The number of imidazole rings is 1. The summed E-state index contributed by atoms with van der Waals surface area (Å²) in [6, 6.07) is 14.9. The second-order valence-corrected chi connectivity index (χ2v) is 9.00. The summed E-state index contributed by atoms with van der Waals surface area (Å²) < 4.78 is 35.5. The topological polar surface area (TPSA) is 135 Å². The SMILES string of the molecule is COc1ccc2nc(-c3ccc(C)c(NS(=O)(=O)c4cccc(C=CC(=O)NO)c4)c3)cn2n1. The molecule has 2 aromatic heterocycles. The van der Waals surface area contributed by atoms with E-state index in [2.05, 4.69) is 14.8 Å². The van der Waals surface area contributed by atoms with Gasteiger partial charge in [-0.3, -0.25) is 14.7 Å². The Kier molecular flexibility index (Phi) is 6.30. The van der Waals surface area contributed by atoms with E-state index in [9.17, 15) is 13.2 Å². The number of aromatic nitrogens is 3. The molecule has 174 valence electrons. The first-order valence-corrected chi connectivity index (χ1v) is 11.5. The van der Waals surface area contributed by atoms with Gasteiger partial charge in [0.1, 0.15) is 0 Å². The minimum atomic E-state index is -3.92. The van der Waals surface area contributed by atoms with Crippen molar-refractivity contribution < 1.29 is 23.2 Å². The lowest BCUT2D eigenvalue weighted by Gasteiger charge is -2.12. The van der Waals surface area contributed by atoms with Crippen molar-refractivity contribution in [3.05, 3.63) is 78.0 Å². The molecule has 1 amide bonds. The molecule has 0 saturated carbocycles. The van der Waals surface area contributed by atoms with E-state index in [0.29, 0.717) is 34.0 Å². The van der Waals surface area contributed by atoms with Gasteiger partial charge in [0.25, 0.3) is 15.9 Å². The molecule has 2 aromatic carbocycles. The number of anilines is 1. The minimum absolute atomic E-state index is 0.0212. The number of methoxy groups -OCH3 is 1. The van der Waals surface area contributed by atoms with Gasteiger partial charge < -0.3 is 4.74 Å². The Hall–Kier alpha value is -4.22. The zero-order valence-corrected chi connectivity index (χ0v) is 19.1. The highest BCUT2D eigenvalue weighted by Crippen LogP contribution is 2.27. The fourth-order valence-electron chi connectivity index (χ4n) is 3.20. The molecule has 0 aliphatic carbocycles. The summed E-state index contributed by atoms with van der Waals surface area (Å²) >= 11 is 0. The Labute approximate surface area is 195 Å². The van der Waals surface area contributed by atoms with Crippen LogP contribution >= 0.6 is 0 Å². The molecule has 0 aliphatic rings.